The van der Waals surface area contributed by atoms with Crippen LogP contribution in [0.2, 0.25) is 5.02 Å². The van der Waals surface area contributed by atoms with E-state index in [2.05, 4.69) is 10.4 Å². The fraction of sp³-hybridized carbons (Fsp3) is 0.111. The van der Waals surface area contributed by atoms with E-state index >= 15 is 0 Å². The molecule has 1 N–H and O–H groups in total. The van der Waals surface area contributed by atoms with Crippen molar-refractivity contribution in [2.75, 3.05) is 5.32 Å². The number of aromatic nitrogens is 2. The monoisotopic (exact) mass is 325 g/mol. The summed E-state index contributed by atoms with van der Waals surface area (Å²) in [5, 5.41) is 7.94. The predicted molar refractivity (Wildman–Crippen MR) is 92.4 cm³/mol. The first-order valence-electron chi connectivity index (χ1n) is 7.25. The van der Waals surface area contributed by atoms with Gasteiger partial charge in [-0.2, -0.15) is 5.10 Å². The van der Waals surface area contributed by atoms with Crippen LogP contribution in [0.15, 0.2) is 54.6 Å². The van der Waals surface area contributed by atoms with Gasteiger partial charge >= 0.3 is 0 Å². The molecule has 0 aliphatic rings. The van der Waals surface area contributed by atoms with E-state index in [1.54, 1.807) is 28.9 Å². The lowest BCUT2D eigenvalue weighted by molar-refractivity contribution is 0.102. The molecule has 3 aromatic rings. The van der Waals surface area contributed by atoms with Crippen LogP contribution in [-0.4, -0.2) is 15.7 Å². The quantitative estimate of drug-likeness (QED) is 0.776. The molecule has 1 aromatic heterocycles. The summed E-state index contributed by atoms with van der Waals surface area (Å²) >= 11 is 5.95. The number of rotatable bonds is 3. The maximum atomic E-state index is 12.6. The highest BCUT2D eigenvalue weighted by Gasteiger charge is 2.19. The van der Waals surface area contributed by atoms with Crippen LogP contribution in [0.1, 0.15) is 21.7 Å². The van der Waals surface area contributed by atoms with Crippen molar-refractivity contribution in [3.8, 4) is 5.69 Å². The first-order chi connectivity index (χ1) is 11.1. The number of carbonyl (C=O) groups is 1. The molecule has 0 aliphatic heterocycles. The highest BCUT2D eigenvalue weighted by Crippen LogP contribution is 2.20. The van der Waals surface area contributed by atoms with E-state index in [4.69, 9.17) is 11.6 Å². The standard InChI is InChI=1S/C18H16ClN3O/c1-12-17(18(23)20-15-8-6-7-14(19)11-15)13(2)22(21-12)16-9-4-3-5-10-16/h3-11H,1-2H3,(H,20,23). The molecule has 1 heterocycles. The SMILES string of the molecule is Cc1nn(-c2ccccc2)c(C)c1C(=O)Nc1cccc(Cl)c1. The normalized spacial score (nSPS) is 10.6. The largest absolute Gasteiger partial charge is 0.322 e. The van der Waals surface area contributed by atoms with Crippen molar-refractivity contribution < 1.29 is 4.79 Å². The van der Waals surface area contributed by atoms with Crippen molar-refractivity contribution in [1.29, 1.82) is 0 Å². The van der Waals surface area contributed by atoms with Crippen LogP contribution >= 0.6 is 11.6 Å². The number of amides is 1. The molecule has 0 aliphatic carbocycles. The van der Waals surface area contributed by atoms with Gasteiger partial charge in [-0.05, 0) is 44.2 Å². The Morgan fingerprint density at radius 3 is 2.52 bits per heavy atom. The van der Waals surface area contributed by atoms with Gasteiger partial charge in [0.2, 0.25) is 0 Å². The fourth-order valence-electron chi connectivity index (χ4n) is 2.55. The van der Waals surface area contributed by atoms with Crippen molar-refractivity contribution in [2.45, 2.75) is 13.8 Å². The molecule has 0 atom stereocenters. The number of para-hydroxylation sites is 1. The number of hydrogen-bond acceptors (Lipinski definition) is 2. The van der Waals surface area contributed by atoms with Gasteiger partial charge in [0.25, 0.3) is 5.91 Å². The molecule has 0 saturated heterocycles. The van der Waals surface area contributed by atoms with Gasteiger partial charge in [0.1, 0.15) is 0 Å². The van der Waals surface area contributed by atoms with Gasteiger partial charge in [-0.15, -0.1) is 0 Å². The topological polar surface area (TPSA) is 46.9 Å². The number of halogens is 1. The summed E-state index contributed by atoms with van der Waals surface area (Å²) in [6, 6.07) is 16.8. The Morgan fingerprint density at radius 2 is 1.83 bits per heavy atom. The molecular formula is C18H16ClN3O. The second kappa shape index (κ2) is 6.26. The minimum absolute atomic E-state index is 0.190. The summed E-state index contributed by atoms with van der Waals surface area (Å²) in [5.74, 6) is -0.190. The van der Waals surface area contributed by atoms with Crippen LogP contribution in [0.4, 0.5) is 5.69 Å². The molecule has 3 rings (SSSR count). The summed E-state index contributed by atoms with van der Waals surface area (Å²) in [6.07, 6.45) is 0. The molecule has 0 bridgehead atoms. The number of carbonyl (C=O) groups excluding carboxylic acids is 1. The summed E-state index contributed by atoms with van der Waals surface area (Å²) in [4.78, 5) is 12.6. The van der Waals surface area contributed by atoms with E-state index in [1.807, 2.05) is 44.2 Å². The van der Waals surface area contributed by atoms with Crippen molar-refractivity contribution in [3.05, 3.63) is 76.6 Å². The van der Waals surface area contributed by atoms with Gasteiger partial charge in [-0.1, -0.05) is 35.9 Å². The lowest BCUT2D eigenvalue weighted by Crippen LogP contribution is -2.14. The van der Waals surface area contributed by atoms with E-state index in [1.165, 1.54) is 0 Å². The van der Waals surface area contributed by atoms with Crippen LogP contribution in [-0.2, 0) is 0 Å². The average Bonchev–Trinajstić information content (AvgIpc) is 2.83. The van der Waals surface area contributed by atoms with E-state index in [-0.39, 0.29) is 5.91 Å². The van der Waals surface area contributed by atoms with Crippen molar-refractivity contribution >= 4 is 23.2 Å². The third-order valence-electron chi connectivity index (χ3n) is 3.60. The molecule has 2 aromatic carbocycles. The molecule has 0 radical (unpaired) electrons. The minimum Gasteiger partial charge on any atom is -0.322 e. The molecule has 23 heavy (non-hydrogen) atoms. The molecule has 0 unspecified atom stereocenters. The zero-order valence-corrected chi connectivity index (χ0v) is 13.6. The molecule has 116 valence electrons. The van der Waals surface area contributed by atoms with Crippen LogP contribution in [0.25, 0.3) is 5.69 Å². The van der Waals surface area contributed by atoms with Gasteiger partial charge in [0.15, 0.2) is 0 Å². The van der Waals surface area contributed by atoms with Gasteiger partial charge in [-0.3, -0.25) is 4.79 Å². The average molecular weight is 326 g/mol. The number of nitrogens with zero attached hydrogens (tertiary/aromatic N) is 2. The molecule has 0 fully saturated rings. The predicted octanol–water partition coefficient (Wildman–Crippen LogP) is 4.39. The second-order valence-corrected chi connectivity index (χ2v) is 5.69. The smallest absolute Gasteiger partial charge is 0.259 e. The Kier molecular flexibility index (Phi) is 4.17. The molecule has 5 heteroatoms. The summed E-state index contributed by atoms with van der Waals surface area (Å²) < 4.78 is 1.78. The lowest BCUT2D eigenvalue weighted by Gasteiger charge is -2.07. The Balaban J connectivity index is 1.94. The maximum absolute atomic E-state index is 12.6. The number of benzene rings is 2. The van der Waals surface area contributed by atoms with E-state index in [0.29, 0.717) is 22.0 Å². The zero-order valence-electron chi connectivity index (χ0n) is 12.9. The van der Waals surface area contributed by atoms with Gasteiger partial charge in [0, 0.05) is 10.7 Å². The van der Waals surface area contributed by atoms with Crippen LogP contribution < -0.4 is 5.32 Å². The number of nitrogens with one attached hydrogen (secondary N) is 1. The van der Waals surface area contributed by atoms with E-state index in [0.717, 1.165) is 11.4 Å². The first kappa shape index (κ1) is 15.3. The summed E-state index contributed by atoms with van der Waals surface area (Å²) in [6.45, 7) is 3.72. The molecule has 4 nitrogen and oxygen atoms in total. The molecule has 0 saturated carbocycles. The third kappa shape index (κ3) is 3.12. The van der Waals surface area contributed by atoms with Crippen LogP contribution in [0.5, 0.6) is 0 Å². The molecular weight excluding hydrogens is 310 g/mol. The third-order valence-corrected chi connectivity index (χ3v) is 3.84. The number of hydrogen-bond donors (Lipinski definition) is 1. The fourth-order valence-corrected chi connectivity index (χ4v) is 2.74. The lowest BCUT2D eigenvalue weighted by atomic mass is 10.1. The number of aryl methyl sites for hydroxylation is 1. The Bertz CT molecular complexity index is 856. The number of anilines is 1. The van der Waals surface area contributed by atoms with E-state index < -0.39 is 0 Å². The van der Waals surface area contributed by atoms with Gasteiger partial charge < -0.3 is 5.32 Å². The Labute approximate surface area is 139 Å². The highest BCUT2D eigenvalue weighted by atomic mass is 35.5. The van der Waals surface area contributed by atoms with Crippen LogP contribution in [0.3, 0.4) is 0 Å². The Morgan fingerprint density at radius 1 is 1.09 bits per heavy atom. The first-order valence-corrected chi connectivity index (χ1v) is 7.62. The molecule has 1 amide bonds. The highest BCUT2D eigenvalue weighted by molar-refractivity contribution is 6.31. The van der Waals surface area contributed by atoms with Crippen molar-refractivity contribution in [1.82, 2.24) is 9.78 Å². The zero-order chi connectivity index (χ0) is 16.4. The van der Waals surface area contributed by atoms with Crippen molar-refractivity contribution in [2.24, 2.45) is 0 Å². The summed E-state index contributed by atoms with van der Waals surface area (Å²) in [7, 11) is 0. The summed E-state index contributed by atoms with van der Waals surface area (Å²) in [5.41, 5.74) is 3.65. The second-order valence-electron chi connectivity index (χ2n) is 5.26. The Hall–Kier alpha value is -2.59. The van der Waals surface area contributed by atoms with Crippen LogP contribution in [0, 0.1) is 13.8 Å². The van der Waals surface area contributed by atoms with E-state index in [9.17, 15) is 4.79 Å². The van der Waals surface area contributed by atoms with Gasteiger partial charge in [-0.25, -0.2) is 4.68 Å². The van der Waals surface area contributed by atoms with Gasteiger partial charge in [0.05, 0.1) is 22.6 Å². The van der Waals surface area contributed by atoms with Crippen molar-refractivity contribution in [3.63, 3.8) is 0 Å². The maximum Gasteiger partial charge on any atom is 0.259 e. The molecule has 0 spiro atoms. The minimum atomic E-state index is -0.190.